The number of esters is 1. The summed E-state index contributed by atoms with van der Waals surface area (Å²) in [4.78, 5) is 22.4. The molecule has 1 atom stereocenters. The Bertz CT molecular complexity index is 243. The summed E-state index contributed by atoms with van der Waals surface area (Å²) in [7, 11) is 1.39. The van der Waals surface area contributed by atoms with E-state index in [0.717, 1.165) is 6.42 Å². The second-order valence-corrected chi connectivity index (χ2v) is 4.71. The topological polar surface area (TPSA) is 43.4 Å². The first-order valence-electron chi connectivity index (χ1n) is 5.04. The fourth-order valence-corrected chi connectivity index (χ4v) is 1.95. The standard InChI is InChI=1S/C11H18O3/c1-11(2)5-4-9(12)6-8(11)7-10(13)14-3/h8H,4-7H2,1-3H3/t8-/m0/s1. The summed E-state index contributed by atoms with van der Waals surface area (Å²) in [6.07, 6.45) is 2.44. The number of ketones is 1. The maximum Gasteiger partial charge on any atom is 0.305 e. The quantitative estimate of drug-likeness (QED) is 0.637. The first-order chi connectivity index (χ1) is 6.45. The van der Waals surface area contributed by atoms with Gasteiger partial charge in [0.2, 0.25) is 0 Å². The zero-order valence-corrected chi connectivity index (χ0v) is 9.13. The third-order valence-electron chi connectivity index (χ3n) is 3.27. The normalized spacial score (nSPS) is 25.9. The Kier molecular flexibility index (Phi) is 3.29. The molecular weight excluding hydrogens is 180 g/mol. The summed E-state index contributed by atoms with van der Waals surface area (Å²) in [6, 6.07) is 0. The molecule has 0 N–H and O–H groups in total. The van der Waals surface area contributed by atoms with E-state index in [2.05, 4.69) is 18.6 Å². The van der Waals surface area contributed by atoms with Crippen LogP contribution in [0.15, 0.2) is 0 Å². The van der Waals surface area contributed by atoms with Gasteiger partial charge in [-0.05, 0) is 17.8 Å². The molecule has 3 nitrogen and oxygen atoms in total. The van der Waals surface area contributed by atoms with Crippen LogP contribution in [0.1, 0.15) is 39.5 Å². The van der Waals surface area contributed by atoms with Crippen LogP contribution in [0.25, 0.3) is 0 Å². The van der Waals surface area contributed by atoms with E-state index in [1.165, 1.54) is 7.11 Å². The van der Waals surface area contributed by atoms with Crippen molar-refractivity contribution in [2.45, 2.75) is 39.5 Å². The maximum absolute atomic E-state index is 11.3. The molecule has 0 heterocycles. The van der Waals surface area contributed by atoms with Crippen LogP contribution >= 0.6 is 0 Å². The molecule has 0 spiro atoms. The number of hydrogen-bond acceptors (Lipinski definition) is 3. The molecule has 1 rings (SSSR count). The number of rotatable bonds is 2. The number of carbonyl (C=O) groups excluding carboxylic acids is 2. The van der Waals surface area contributed by atoms with Crippen molar-refractivity contribution in [3.63, 3.8) is 0 Å². The lowest BCUT2D eigenvalue weighted by molar-refractivity contribution is -0.143. The van der Waals surface area contributed by atoms with Crippen molar-refractivity contribution in [2.75, 3.05) is 7.11 Å². The van der Waals surface area contributed by atoms with E-state index in [0.29, 0.717) is 19.3 Å². The lowest BCUT2D eigenvalue weighted by Crippen LogP contribution is -2.33. The first-order valence-corrected chi connectivity index (χ1v) is 5.04. The lowest BCUT2D eigenvalue weighted by atomic mass is 9.67. The summed E-state index contributed by atoms with van der Waals surface area (Å²) in [6.45, 7) is 4.24. The van der Waals surface area contributed by atoms with E-state index in [1.807, 2.05) is 0 Å². The summed E-state index contributed by atoms with van der Waals surface area (Å²) in [5.74, 6) is 0.215. The molecule has 80 valence electrons. The zero-order chi connectivity index (χ0) is 10.8. The average molecular weight is 198 g/mol. The highest BCUT2D eigenvalue weighted by atomic mass is 16.5. The molecule has 0 radical (unpaired) electrons. The van der Waals surface area contributed by atoms with Crippen molar-refractivity contribution in [1.82, 2.24) is 0 Å². The summed E-state index contributed by atoms with van der Waals surface area (Å²) >= 11 is 0. The molecule has 1 saturated carbocycles. The SMILES string of the molecule is COC(=O)C[C@@H]1CC(=O)CCC1(C)C. The Morgan fingerprint density at radius 1 is 1.57 bits per heavy atom. The summed E-state index contributed by atoms with van der Waals surface area (Å²) < 4.78 is 4.63. The summed E-state index contributed by atoms with van der Waals surface area (Å²) in [5, 5.41) is 0. The molecule has 0 unspecified atom stereocenters. The average Bonchev–Trinajstić information content (AvgIpc) is 2.12. The van der Waals surface area contributed by atoms with Crippen molar-refractivity contribution in [3.05, 3.63) is 0 Å². The van der Waals surface area contributed by atoms with Crippen molar-refractivity contribution >= 4 is 11.8 Å². The van der Waals surface area contributed by atoms with Gasteiger partial charge in [-0.2, -0.15) is 0 Å². The van der Waals surface area contributed by atoms with E-state index in [4.69, 9.17) is 0 Å². The molecule has 3 heteroatoms. The smallest absolute Gasteiger partial charge is 0.305 e. The zero-order valence-electron chi connectivity index (χ0n) is 9.13. The minimum absolute atomic E-state index is 0.0854. The molecule has 0 saturated heterocycles. The number of carbonyl (C=O) groups is 2. The van der Waals surface area contributed by atoms with Gasteiger partial charge in [0.1, 0.15) is 5.78 Å². The third-order valence-corrected chi connectivity index (χ3v) is 3.27. The van der Waals surface area contributed by atoms with E-state index < -0.39 is 0 Å². The predicted molar refractivity (Wildman–Crippen MR) is 52.8 cm³/mol. The van der Waals surface area contributed by atoms with Gasteiger partial charge in [0, 0.05) is 19.3 Å². The predicted octanol–water partition coefficient (Wildman–Crippen LogP) is 1.94. The number of Topliss-reactive ketones (excluding diaryl/α,β-unsaturated/α-hetero) is 1. The first kappa shape index (κ1) is 11.2. The minimum Gasteiger partial charge on any atom is -0.469 e. The number of ether oxygens (including phenoxy) is 1. The highest BCUT2D eigenvalue weighted by Crippen LogP contribution is 2.41. The van der Waals surface area contributed by atoms with Gasteiger partial charge in [-0.3, -0.25) is 9.59 Å². The Labute approximate surface area is 84.8 Å². The van der Waals surface area contributed by atoms with Crippen LogP contribution in [0.2, 0.25) is 0 Å². The molecule has 0 aromatic heterocycles. The second kappa shape index (κ2) is 4.11. The van der Waals surface area contributed by atoms with Gasteiger partial charge in [-0.15, -0.1) is 0 Å². The second-order valence-electron chi connectivity index (χ2n) is 4.71. The van der Waals surface area contributed by atoms with Gasteiger partial charge >= 0.3 is 5.97 Å². The Morgan fingerprint density at radius 3 is 2.79 bits per heavy atom. The van der Waals surface area contributed by atoms with Crippen LogP contribution in [0.4, 0.5) is 0 Å². The summed E-state index contributed by atoms with van der Waals surface area (Å²) in [5.41, 5.74) is 0.0854. The highest BCUT2D eigenvalue weighted by molar-refractivity contribution is 5.80. The molecule has 0 bridgehead atoms. The van der Waals surface area contributed by atoms with Gasteiger partial charge in [0.25, 0.3) is 0 Å². The van der Waals surface area contributed by atoms with Gasteiger partial charge < -0.3 is 4.74 Å². The van der Waals surface area contributed by atoms with Crippen LogP contribution in [-0.2, 0) is 14.3 Å². The minimum atomic E-state index is -0.210. The Morgan fingerprint density at radius 2 is 2.21 bits per heavy atom. The molecule has 1 aliphatic rings. The third kappa shape index (κ3) is 2.56. The molecule has 1 aliphatic carbocycles. The van der Waals surface area contributed by atoms with E-state index >= 15 is 0 Å². The van der Waals surface area contributed by atoms with Gasteiger partial charge in [0.15, 0.2) is 0 Å². The van der Waals surface area contributed by atoms with E-state index in [9.17, 15) is 9.59 Å². The van der Waals surface area contributed by atoms with Gasteiger partial charge in [0.05, 0.1) is 7.11 Å². The Hall–Kier alpha value is -0.860. The molecular formula is C11H18O3. The molecule has 0 amide bonds. The van der Waals surface area contributed by atoms with Crippen LogP contribution in [-0.4, -0.2) is 18.9 Å². The molecule has 0 aromatic rings. The lowest BCUT2D eigenvalue weighted by Gasteiger charge is -2.37. The molecule has 1 fully saturated rings. The number of methoxy groups -OCH3 is 1. The van der Waals surface area contributed by atoms with Crippen molar-refractivity contribution in [3.8, 4) is 0 Å². The van der Waals surface area contributed by atoms with Crippen molar-refractivity contribution in [1.29, 1.82) is 0 Å². The highest BCUT2D eigenvalue weighted by Gasteiger charge is 2.36. The Balaban J connectivity index is 2.63. The van der Waals surface area contributed by atoms with Crippen LogP contribution < -0.4 is 0 Å². The maximum atomic E-state index is 11.3. The van der Waals surface area contributed by atoms with Crippen LogP contribution in [0, 0.1) is 11.3 Å². The van der Waals surface area contributed by atoms with Crippen LogP contribution in [0.3, 0.4) is 0 Å². The fourth-order valence-electron chi connectivity index (χ4n) is 1.95. The van der Waals surface area contributed by atoms with E-state index in [-0.39, 0.29) is 23.1 Å². The van der Waals surface area contributed by atoms with Gasteiger partial charge in [-0.1, -0.05) is 13.8 Å². The van der Waals surface area contributed by atoms with E-state index in [1.54, 1.807) is 0 Å². The number of hydrogen-bond donors (Lipinski definition) is 0. The van der Waals surface area contributed by atoms with Crippen molar-refractivity contribution < 1.29 is 14.3 Å². The molecule has 0 aromatic carbocycles. The fraction of sp³-hybridized carbons (Fsp3) is 0.818. The molecule has 14 heavy (non-hydrogen) atoms. The monoisotopic (exact) mass is 198 g/mol. The largest absolute Gasteiger partial charge is 0.469 e. The molecule has 0 aliphatic heterocycles. The van der Waals surface area contributed by atoms with Crippen molar-refractivity contribution in [2.24, 2.45) is 11.3 Å². The van der Waals surface area contributed by atoms with Gasteiger partial charge in [-0.25, -0.2) is 0 Å². The van der Waals surface area contributed by atoms with Crippen LogP contribution in [0.5, 0.6) is 0 Å².